The van der Waals surface area contributed by atoms with Gasteiger partial charge in [-0.05, 0) is 0 Å². The van der Waals surface area contributed by atoms with Gasteiger partial charge in [0.25, 0.3) is 0 Å². The SMILES string of the molecule is COC(=O)c1nsnc1C(=O)O. The molecule has 6 nitrogen and oxygen atoms in total. The molecular formula is C5H4N2O4S. The van der Waals surface area contributed by atoms with E-state index >= 15 is 0 Å². The Bertz CT molecular complexity index is 321. The Balaban J connectivity index is 3.07. The number of carboxylic acid groups (broad SMARTS) is 1. The number of rotatable bonds is 2. The van der Waals surface area contributed by atoms with Crippen molar-refractivity contribution in [3.8, 4) is 0 Å². The normalized spacial score (nSPS) is 9.42. The molecule has 0 saturated heterocycles. The third-order valence-electron chi connectivity index (χ3n) is 1.07. The van der Waals surface area contributed by atoms with Crippen molar-refractivity contribution in [3.05, 3.63) is 11.4 Å². The number of carbonyl (C=O) groups excluding carboxylic acids is 1. The fourth-order valence-electron chi connectivity index (χ4n) is 0.559. The number of aromatic nitrogens is 2. The highest BCUT2D eigenvalue weighted by Gasteiger charge is 2.21. The van der Waals surface area contributed by atoms with Gasteiger partial charge in [-0.25, -0.2) is 9.59 Å². The van der Waals surface area contributed by atoms with Crippen LogP contribution < -0.4 is 0 Å². The average molecular weight is 188 g/mol. The molecule has 1 N–H and O–H groups in total. The van der Waals surface area contributed by atoms with E-state index in [1.165, 1.54) is 0 Å². The van der Waals surface area contributed by atoms with Crippen LogP contribution in [0.2, 0.25) is 0 Å². The number of carboxylic acids is 1. The Kier molecular flexibility index (Phi) is 2.34. The molecule has 64 valence electrons. The maximum Gasteiger partial charge on any atom is 0.360 e. The van der Waals surface area contributed by atoms with Crippen LogP contribution in [0.5, 0.6) is 0 Å². The number of methoxy groups -OCH3 is 1. The van der Waals surface area contributed by atoms with E-state index < -0.39 is 11.9 Å². The minimum absolute atomic E-state index is 0.255. The zero-order valence-electron chi connectivity index (χ0n) is 5.97. The van der Waals surface area contributed by atoms with Gasteiger partial charge in [0.15, 0.2) is 11.4 Å². The fraction of sp³-hybridized carbons (Fsp3) is 0.200. The van der Waals surface area contributed by atoms with E-state index in [0.29, 0.717) is 11.7 Å². The van der Waals surface area contributed by atoms with E-state index in [0.717, 1.165) is 7.11 Å². The topological polar surface area (TPSA) is 89.4 Å². The summed E-state index contributed by atoms with van der Waals surface area (Å²) in [5.41, 5.74) is -0.623. The van der Waals surface area contributed by atoms with Crippen LogP contribution in [0.4, 0.5) is 0 Å². The lowest BCUT2D eigenvalue weighted by Crippen LogP contribution is -2.09. The van der Waals surface area contributed by atoms with E-state index in [4.69, 9.17) is 5.11 Å². The first kappa shape index (κ1) is 8.60. The molecule has 0 unspecified atom stereocenters. The molecule has 0 atom stereocenters. The number of hydrogen-bond acceptors (Lipinski definition) is 6. The zero-order chi connectivity index (χ0) is 9.14. The van der Waals surface area contributed by atoms with E-state index in [2.05, 4.69) is 13.5 Å². The number of ether oxygens (including phenoxy) is 1. The molecule has 0 aliphatic rings. The first-order valence-corrected chi connectivity index (χ1v) is 3.54. The average Bonchev–Trinajstić information content (AvgIpc) is 2.50. The quantitative estimate of drug-likeness (QED) is 0.658. The van der Waals surface area contributed by atoms with Gasteiger partial charge in [0.05, 0.1) is 18.8 Å². The fourth-order valence-corrected chi connectivity index (χ4v) is 1.09. The van der Waals surface area contributed by atoms with Gasteiger partial charge >= 0.3 is 11.9 Å². The minimum atomic E-state index is -1.29. The van der Waals surface area contributed by atoms with Crippen LogP contribution in [-0.4, -0.2) is 32.9 Å². The summed E-state index contributed by atoms with van der Waals surface area (Å²) in [6, 6.07) is 0. The van der Waals surface area contributed by atoms with Gasteiger partial charge in [0.2, 0.25) is 0 Å². The second-order valence-corrected chi connectivity index (χ2v) is 2.29. The third-order valence-corrected chi connectivity index (χ3v) is 1.60. The number of hydrogen-bond donors (Lipinski definition) is 1. The summed E-state index contributed by atoms with van der Waals surface area (Å²) in [5, 5.41) is 8.50. The van der Waals surface area contributed by atoms with Crippen molar-refractivity contribution in [1.82, 2.24) is 8.75 Å². The number of nitrogens with zero attached hydrogens (tertiary/aromatic N) is 2. The lowest BCUT2D eigenvalue weighted by molar-refractivity contribution is 0.0576. The maximum absolute atomic E-state index is 10.8. The van der Waals surface area contributed by atoms with Crippen molar-refractivity contribution in [2.24, 2.45) is 0 Å². The summed E-state index contributed by atoms with van der Waals surface area (Å²) in [5.74, 6) is -2.08. The first-order chi connectivity index (χ1) is 5.66. The Hall–Kier alpha value is -1.50. The molecule has 1 rings (SSSR count). The van der Waals surface area contributed by atoms with Crippen LogP contribution in [0.3, 0.4) is 0 Å². The summed E-state index contributed by atoms with van der Waals surface area (Å²) in [6.07, 6.45) is 0. The molecule has 1 heterocycles. The van der Waals surface area contributed by atoms with Gasteiger partial charge in [0, 0.05) is 0 Å². The monoisotopic (exact) mass is 188 g/mol. The minimum Gasteiger partial charge on any atom is -0.476 e. The Labute approximate surface area is 71.1 Å². The molecule has 12 heavy (non-hydrogen) atoms. The Morgan fingerprint density at radius 2 is 2.00 bits per heavy atom. The first-order valence-electron chi connectivity index (χ1n) is 2.81. The van der Waals surface area contributed by atoms with Gasteiger partial charge in [-0.3, -0.25) is 0 Å². The lowest BCUT2D eigenvalue weighted by atomic mass is 10.3. The van der Waals surface area contributed by atoms with Crippen LogP contribution in [0.25, 0.3) is 0 Å². The predicted molar refractivity (Wildman–Crippen MR) is 38.2 cm³/mol. The molecule has 1 aromatic rings. The third kappa shape index (κ3) is 1.40. The van der Waals surface area contributed by atoms with Gasteiger partial charge in [-0.15, -0.1) is 0 Å². The van der Waals surface area contributed by atoms with Crippen LogP contribution in [0.15, 0.2) is 0 Å². The van der Waals surface area contributed by atoms with Gasteiger partial charge in [-0.2, -0.15) is 8.75 Å². The van der Waals surface area contributed by atoms with E-state index in [9.17, 15) is 9.59 Å². The molecule has 0 fully saturated rings. The highest BCUT2D eigenvalue weighted by molar-refractivity contribution is 6.99. The number of esters is 1. The zero-order valence-corrected chi connectivity index (χ0v) is 6.79. The van der Waals surface area contributed by atoms with Gasteiger partial charge in [-0.1, -0.05) is 0 Å². The number of carbonyl (C=O) groups is 2. The molecule has 0 amide bonds. The molecule has 0 aliphatic carbocycles. The predicted octanol–water partition coefficient (Wildman–Crippen LogP) is 0.0229. The lowest BCUT2D eigenvalue weighted by Gasteiger charge is -1.92. The summed E-state index contributed by atoms with van der Waals surface area (Å²) < 4.78 is 11.2. The van der Waals surface area contributed by atoms with Crippen molar-refractivity contribution in [3.63, 3.8) is 0 Å². The van der Waals surface area contributed by atoms with Gasteiger partial charge in [0.1, 0.15) is 0 Å². The summed E-state index contributed by atoms with van der Waals surface area (Å²) in [7, 11) is 1.15. The highest BCUT2D eigenvalue weighted by atomic mass is 32.1. The maximum atomic E-state index is 10.8. The second kappa shape index (κ2) is 3.26. The molecule has 1 aromatic heterocycles. The van der Waals surface area contributed by atoms with Crippen molar-refractivity contribution < 1.29 is 19.4 Å². The molecular weight excluding hydrogens is 184 g/mol. The van der Waals surface area contributed by atoms with E-state index in [-0.39, 0.29) is 11.4 Å². The standard InChI is InChI=1S/C5H4N2O4S/c1-11-5(10)3-2(4(8)9)6-12-7-3/h1H3,(H,8,9). The van der Waals surface area contributed by atoms with Crippen LogP contribution in [0, 0.1) is 0 Å². The summed E-state index contributed by atoms with van der Waals surface area (Å²) in [6.45, 7) is 0. The largest absolute Gasteiger partial charge is 0.476 e. The second-order valence-electron chi connectivity index (χ2n) is 1.76. The molecule has 7 heteroatoms. The van der Waals surface area contributed by atoms with E-state index in [1.807, 2.05) is 0 Å². The molecule has 0 aromatic carbocycles. The van der Waals surface area contributed by atoms with Gasteiger partial charge < -0.3 is 9.84 Å². The van der Waals surface area contributed by atoms with Crippen LogP contribution >= 0.6 is 11.7 Å². The van der Waals surface area contributed by atoms with Crippen LogP contribution in [0.1, 0.15) is 21.0 Å². The highest BCUT2D eigenvalue weighted by Crippen LogP contribution is 2.06. The Morgan fingerprint density at radius 1 is 1.42 bits per heavy atom. The van der Waals surface area contributed by atoms with Crippen molar-refractivity contribution in [2.75, 3.05) is 7.11 Å². The van der Waals surface area contributed by atoms with Crippen molar-refractivity contribution in [1.29, 1.82) is 0 Å². The summed E-state index contributed by atoms with van der Waals surface area (Å²) in [4.78, 5) is 21.2. The van der Waals surface area contributed by atoms with Crippen molar-refractivity contribution >= 4 is 23.7 Å². The Morgan fingerprint density at radius 3 is 2.50 bits per heavy atom. The molecule has 0 bridgehead atoms. The smallest absolute Gasteiger partial charge is 0.360 e. The molecule has 0 aliphatic heterocycles. The van der Waals surface area contributed by atoms with Crippen LogP contribution in [-0.2, 0) is 4.74 Å². The number of aromatic carboxylic acids is 1. The van der Waals surface area contributed by atoms with E-state index in [1.54, 1.807) is 0 Å². The summed E-state index contributed by atoms with van der Waals surface area (Å²) >= 11 is 0.657. The molecule has 0 saturated carbocycles. The van der Waals surface area contributed by atoms with Crippen molar-refractivity contribution in [2.45, 2.75) is 0 Å². The molecule has 0 spiro atoms. The molecule has 0 radical (unpaired) electrons.